The number of hydrogen-bond donors (Lipinski definition) is 0. The van der Waals surface area contributed by atoms with Gasteiger partial charge in [0.05, 0.1) is 6.10 Å². The lowest BCUT2D eigenvalue weighted by atomic mass is 9.84. The molecule has 1 nitrogen and oxygen atoms in total. The van der Waals surface area contributed by atoms with E-state index in [2.05, 4.69) is 30.3 Å². The van der Waals surface area contributed by atoms with Crippen LogP contribution < -0.4 is 0 Å². The van der Waals surface area contributed by atoms with Gasteiger partial charge in [0.2, 0.25) is 0 Å². The summed E-state index contributed by atoms with van der Waals surface area (Å²) < 4.78 is 5.66. The molecule has 1 heteroatoms. The molecule has 1 aliphatic carbocycles. The Kier molecular flexibility index (Phi) is 5.06. The van der Waals surface area contributed by atoms with Crippen LogP contribution in [0.25, 0.3) is 0 Å². The normalized spacial score (nSPS) is 19.1. The van der Waals surface area contributed by atoms with Gasteiger partial charge < -0.3 is 4.74 Å². The molecular formula is C16H24O. The maximum Gasteiger partial charge on any atom is 0.0614 e. The fraction of sp³-hybridized carbons (Fsp3) is 0.625. The van der Waals surface area contributed by atoms with E-state index >= 15 is 0 Å². The van der Waals surface area contributed by atoms with Gasteiger partial charge in [0.15, 0.2) is 0 Å². The zero-order chi connectivity index (χ0) is 11.9. The Morgan fingerprint density at radius 1 is 1.12 bits per heavy atom. The van der Waals surface area contributed by atoms with E-state index in [1.165, 1.54) is 44.1 Å². The summed E-state index contributed by atoms with van der Waals surface area (Å²) in [6, 6.07) is 10.7. The first kappa shape index (κ1) is 12.6. The predicted molar refractivity (Wildman–Crippen MR) is 72.1 cm³/mol. The van der Waals surface area contributed by atoms with Crippen molar-refractivity contribution in [3.8, 4) is 0 Å². The highest BCUT2D eigenvalue weighted by Crippen LogP contribution is 2.28. The lowest BCUT2D eigenvalue weighted by Crippen LogP contribution is -2.20. The lowest BCUT2D eigenvalue weighted by molar-refractivity contribution is 0.0739. The van der Waals surface area contributed by atoms with E-state index in [-0.39, 0.29) is 0 Å². The van der Waals surface area contributed by atoms with E-state index in [0.717, 1.165) is 12.3 Å². The SMILES string of the molecule is COC(Cc1ccccc1)CC1CCCCC1. The van der Waals surface area contributed by atoms with E-state index in [1.54, 1.807) is 0 Å². The van der Waals surface area contributed by atoms with Crippen LogP contribution in [0.5, 0.6) is 0 Å². The molecule has 0 N–H and O–H groups in total. The van der Waals surface area contributed by atoms with Crippen molar-refractivity contribution >= 4 is 0 Å². The summed E-state index contributed by atoms with van der Waals surface area (Å²) in [5, 5.41) is 0. The molecule has 0 aromatic heterocycles. The van der Waals surface area contributed by atoms with Gasteiger partial charge in [-0.05, 0) is 24.3 Å². The van der Waals surface area contributed by atoms with Crippen LogP contribution >= 0.6 is 0 Å². The van der Waals surface area contributed by atoms with E-state index in [0.29, 0.717) is 6.10 Å². The quantitative estimate of drug-likeness (QED) is 0.738. The maximum atomic E-state index is 5.66. The molecule has 0 bridgehead atoms. The first-order valence-electron chi connectivity index (χ1n) is 6.95. The number of rotatable bonds is 5. The molecule has 0 spiro atoms. The Morgan fingerprint density at radius 3 is 2.47 bits per heavy atom. The van der Waals surface area contributed by atoms with Crippen molar-refractivity contribution in [3.63, 3.8) is 0 Å². The van der Waals surface area contributed by atoms with Crippen molar-refractivity contribution in [2.24, 2.45) is 5.92 Å². The summed E-state index contributed by atoms with van der Waals surface area (Å²) in [5.74, 6) is 0.900. The van der Waals surface area contributed by atoms with E-state index in [9.17, 15) is 0 Å². The minimum Gasteiger partial charge on any atom is -0.381 e. The van der Waals surface area contributed by atoms with E-state index < -0.39 is 0 Å². The van der Waals surface area contributed by atoms with E-state index in [1.807, 2.05) is 7.11 Å². The van der Waals surface area contributed by atoms with Crippen molar-refractivity contribution in [1.82, 2.24) is 0 Å². The molecule has 0 heterocycles. The highest BCUT2D eigenvalue weighted by atomic mass is 16.5. The standard InChI is InChI=1S/C16H24O/c1-17-16(12-14-8-4-2-5-9-14)13-15-10-6-3-7-11-15/h2,4-5,8-9,15-16H,3,6-7,10-13H2,1H3. The average molecular weight is 232 g/mol. The third-order valence-electron chi connectivity index (χ3n) is 3.96. The largest absolute Gasteiger partial charge is 0.381 e. The van der Waals surface area contributed by atoms with Crippen LogP contribution in [-0.2, 0) is 11.2 Å². The van der Waals surface area contributed by atoms with Gasteiger partial charge in [-0.15, -0.1) is 0 Å². The van der Waals surface area contributed by atoms with Crippen LogP contribution in [0.15, 0.2) is 30.3 Å². The van der Waals surface area contributed by atoms with Crippen LogP contribution in [-0.4, -0.2) is 13.2 Å². The summed E-state index contributed by atoms with van der Waals surface area (Å²) in [7, 11) is 1.86. The molecule has 0 radical (unpaired) electrons. The number of methoxy groups -OCH3 is 1. The first-order valence-corrected chi connectivity index (χ1v) is 6.95. The van der Waals surface area contributed by atoms with Gasteiger partial charge in [0.25, 0.3) is 0 Å². The van der Waals surface area contributed by atoms with Crippen LogP contribution in [0.2, 0.25) is 0 Å². The molecule has 1 unspecified atom stereocenters. The molecule has 0 saturated heterocycles. The summed E-state index contributed by atoms with van der Waals surface area (Å²) in [6.45, 7) is 0. The topological polar surface area (TPSA) is 9.23 Å². The van der Waals surface area contributed by atoms with Crippen LogP contribution in [0.3, 0.4) is 0 Å². The molecule has 1 aromatic carbocycles. The highest BCUT2D eigenvalue weighted by molar-refractivity contribution is 5.15. The van der Waals surface area contributed by atoms with E-state index in [4.69, 9.17) is 4.74 Å². The smallest absolute Gasteiger partial charge is 0.0614 e. The maximum absolute atomic E-state index is 5.66. The van der Waals surface area contributed by atoms with Crippen LogP contribution in [0.1, 0.15) is 44.1 Å². The second kappa shape index (κ2) is 6.80. The lowest BCUT2D eigenvalue weighted by Gasteiger charge is -2.25. The molecular weight excluding hydrogens is 208 g/mol. The van der Waals surface area contributed by atoms with Gasteiger partial charge in [-0.2, -0.15) is 0 Å². The molecule has 1 aromatic rings. The third-order valence-corrected chi connectivity index (χ3v) is 3.96. The fourth-order valence-corrected chi connectivity index (χ4v) is 2.93. The molecule has 1 atom stereocenters. The van der Waals surface area contributed by atoms with Gasteiger partial charge in [0, 0.05) is 7.11 Å². The summed E-state index contributed by atoms with van der Waals surface area (Å²) in [4.78, 5) is 0. The molecule has 0 amide bonds. The van der Waals surface area contributed by atoms with Crippen molar-refractivity contribution in [3.05, 3.63) is 35.9 Å². The zero-order valence-corrected chi connectivity index (χ0v) is 10.9. The monoisotopic (exact) mass is 232 g/mol. The van der Waals surface area contributed by atoms with Crippen LogP contribution in [0.4, 0.5) is 0 Å². The number of hydrogen-bond acceptors (Lipinski definition) is 1. The third kappa shape index (κ3) is 4.16. The molecule has 1 saturated carbocycles. The molecule has 94 valence electrons. The predicted octanol–water partition coefficient (Wildman–Crippen LogP) is 4.21. The average Bonchev–Trinajstić information content (AvgIpc) is 2.40. The molecule has 17 heavy (non-hydrogen) atoms. The molecule has 1 aliphatic rings. The molecule has 2 rings (SSSR count). The summed E-state index contributed by atoms with van der Waals surface area (Å²) in [6.07, 6.45) is 9.81. The zero-order valence-electron chi connectivity index (χ0n) is 10.9. The van der Waals surface area contributed by atoms with Gasteiger partial charge in [-0.1, -0.05) is 62.4 Å². The van der Waals surface area contributed by atoms with Gasteiger partial charge in [-0.25, -0.2) is 0 Å². The second-order valence-electron chi connectivity index (χ2n) is 5.29. The Balaban J connectivity index is 1.83. The van der Waals surface area contributed by atoms with Gasteiger partial charge in [0.1, 0.15) is 0 Å². The molecule has 1 fully saturated rings. The Bertz CT molecular complexity index is 301. The highest BCUT2D eigenvalue weighted by Gasteiger charge is 2.18. The van der Waals surface area contributed by atoms with Crippen molar-refractivity contribution in [1.29, 1.82) is 0 Å². The minimum absolute atomic E-state index is 0.403. The Labute approximate surface area is 105 Å². The molecule has 0 aliphatic heterocycles. The van der Waals surface area contributed by atoms with Gasteiger partial charge >= 0.3 is 0 Å². The minimum atomic E-state index is 0.403. The van der Waals surface area contributed by atoms with Crippen LogP contribution in [0, 0.1) is 5.92 Å². The second-order valence-corrected chi connectivity index (χ2v) is 5.29. The van der Waals surface area contributed by atoms with Crippen molar-refractivity contribution in [2.45, 2.75) is 51.0 Å². The van der Waals surface area contributed by atoms with Crippen molar-refractivity contribution in [2.75, 3.05) is 7.11 Å². The Hall–Kier alpha value is -0.820. The Morgan fingerprint density at radius 2 is 1.82 bits per heavy atom. The summed E-state index contributed by atoms with van der Waals surface area (Å²) >= 11 is 0. The fourth-order valence-electron chi connectivity index (χ4n) is 2.93. The number of benzene rings is 1. The first-order chi connectivity index (χ1) is 8.38. The summed E-state index contributed by atoms with van der Waals surface area (Å²) in [5.41, 5.74) is 1.40. The number of ether oxygens (including phenoxy) is 1. The van der Waals surface area contributed by atoms with Crippen molar-refractivity contribution < 1.29 is 4.74 Å². The van der Waals surface area contributed by atoms with Gasteiger partial charge in [-0.3, -0.25) is 0 Å².